The number of tetrazole rings is 1. The maximum absolute atomic E-state index is 13.4. The summed E-state index contributed by atoms with van der Waals surface area (Å²) in [6.07, 6.45) is 1.37. The largest absolute Gasteiger partial charge is 0.268 e. The molecule has 3 rings (SSSR count). The molecule has 6 nitrogen and oxygen atoms in total. The van der Waals surface area contributed by atoms with Gasteiger partial charge in [0.25, 0.3) is 5.95 Å². The Morgan fingerprint density at radius 1 is 1.05 bits per heavy atom. The molecule has 2 aromatic carbocycles. The number of anilines is 1. The van der Waals surface area contributed by atoms with E-state index >= 15 is 0 Å². The van der Waals surface area contributed by atoms with Gasteiger partial charge in [-0.2, -0.15) is 9.78 Å². The Hall–Kier alpha value is -3.09. The fourth-order valence-corrected chi connectivity index (χ4v) is 1.74. The molecule has 1 heterocycles. The SMILES string of the molecule is Fc1ccccc1C=NNc1nnnn1-c1ccccc1. The number of halogens is 1. The quantitative estimate of drug-likeness (QED) is 0.588. The van der Waals surface area contributed by atoms with Crippen molar-refractivity contribution in [2.24, 2.45) is 5.10 Å². The lowest BCUT2D eigenvalue weighted by atomic mass is 10.2. The molecule has 0 unspecified atom stereocenters. The van der Waals surface area contributed by atoms with E-state index in [0.717, 1.165) is 5.69 Å². The Balaban J connectivity index is 1.78. The van der Waals surface area contributed by atoms with Crippen LogP contribution in [0.25, 0.3) is 5.69 Å². The van der Waals surface area contributed by atoms with Gasteiger partial charge in [0.05, 0.1) is 11.9 Å². The van der Waals surface area contributed by atoms with Crippen LogP contribution in [0.3, 0.4) is 0 Å². The van der Waals surface area contributed by atoms with Crippen LogP contribution in [0.2, 0.25) is 0 Å². The van der Waals surface area contributed by atoms with Crippen LogP contribution < -0.4 is 5.43 Å². The summed E-state index contributed by atoms with van der Waals surface area (Å²) in [6, 6.07) is 15.7. The van der Waals surface area contributed by atoms with Crippen LogP contribution in [-0.2, 0) is 0 Å². The number of benzene rings is 2. The number of hydrazone groups is 1. The van der Waals surface area contributed by atoms with E-state index in [-0.39, 0.29) is 5.82 Å². The van der Waals surface area contributed by atoms with Crippen LogP contribution in [0.5, 0.6) is 0 Å². The molecule has 104 valence electrons. The highest BCUT2D eigenvalue weighted by molar-refractivity contribution is 5.80. The lowest BCUT2D eigenvalue weighted by Crippen LogP contribution is -2.03. The number of nitrogens with zero attached hydrogens (tertiary/aromatic N) is 5. The minimum Gasteiger partial charge on any atom is -0.244 e. The third-order valence-corrected chi connectivity index (χ3v) is 2.74. The topological polar surface area (TPSA) is 68.0 Å². The molecule has 3 aromatic rings. The van der Waals surface area contributed by atoms with E-state index in [4.69, 9.17) is 0 Å². The van der Waals surface area contributed by atoms with Crippen LogP contribution in [-0.4, -0.2) is 26.4 Å². The minimum atomic E-state index is -0.342. The number of hydrogen-bond donors (Lipinski definition) is 1. The molecule has 0 aliphatic carbocycles. The fourth-order valence-electron chi connectivity index (χ4n) is 1.74. The zero-order valence-corrected chi connectivity index (χ0v) is 10.9. The van der Waals surface area contributed by atoms with E-state index in [1.54, 1.807) is 18.2 Å². The number of aromatic nitrogens is 4. The molecule has 0 amide bonds. The number of nitrogens with one attached hydrogen (secondary N) is 1. The van der Waals surface area contributed by atoms with Crippen molar-refractivity contribution in [2.45, 2.75) is 0 Å². The van der Waals surface area contributed by atoms with Gasteiger partial charge in [0, 0.05) is 5.56 Å². The molecule has 0 saturated carbocycles. The molecule has 0 atom stereocenters. The van der Waals surface area contributed by atoms with E-state index in [1.165, 1.54) is 17.0 Å². The van der Waals surface area contributed by atoms with E-state index < -0.39 is 0 Å². The molecule has 1 N–H and O–H groups in total. The van der Waals surface area contributed by atoms with Crippen molar-refractivity contribution < 1.29 is 4.39 Å². The average Bonchev–Trinajstić information content (AvgIpc) is 2.99. The molecule has 0 fully saturated rings. The fraction of sp³-hybridized carbons (Fsp3) is 0. The molecular formula is C14H11FN6. The molecule has 0 aliphatic heterocycles. The Morgan fingerprint density at radius 2 is 1.81 bits per heavy atom. The standard InChI is InChI=1S/C14H11FN6/c15-13-9-5-4-6-11(13)10-16-17-14-18-19-20-21(14)12-7-2-1-3-8-12/h1-10H,(H,17,18,20). The summed E-state index contributed by atoms with van der Waals surface area (Å²) in [5, 5.41) is 15.3. The van der Waals surface area contributed by atoms with Crippen molar-refractivity contribution >= 4 is 12.2 Å². The molecule has 0 bridgehead atoms. The summed E-state index contributed by atoms with van der Waals surface area (Å²) in [7, 11) is 0. The lowest BCUT2D eigenvalue weighted by molar-refractivity contribution is 0.626. The van der Waals surface area contributed by atoms with Gasteiger partial charge in [-0.15, -0.1) is 0 Å². The van der Waals surface area contributed by atoms with Gasteiger partial charge in [-0.1, -0.05) is 41.5 Å². The van der Waals surface area contributed by atoms with Crippen molar-refractivity contribution in [1.29, 1.82) is 0 Å². The second kappa shape index (κ2) is 5.91. The number of hydrogen-bond acceptors (Lipinski definition) is 5. The Bertz CT molecular complexity index is 753. The highest BCUT2D eigenvalue weighted by atomic mass is 19.1. The Labute approximate surface area is 119 Å². The first-order valence-electron chi connectivity index (χ1n) is 6.22. The molecule has 1 aromatic heterocycles. The van der Waals surface area contributed by atoms with Crippen molar-refractivity contribution in [3.8, 4) is 5.69 Å². The molecule has 0 saturated heterocycles. The van der Waals surface area contributed by atoms with Crippen molar-refractivity contribution in [1.82, 2.24) is 20.2 Å². The smallest absolute Gasteiger partial charge is 0.244 e. The van der Waals surface area contributed by atoms with Gasteiger partial charge >= 0.3 is 0 Å². The van der Waals surface area contributed by atoms with Crippen molar-refractivity contribution in [2.75, 3.05) is 5.43 Å². The Morgan fingerprint density at radius 3 is 2.62 bits per heavy atom. The Kier molecular flexibility index (Phi) is 3.64. The summed E-state index contributed by atoms with van der Waals surface area (Å²) < 4.78 is 14.9. The van der Waals surface area contributed by atoms with Crippen LogP contribution in [0.15, 0.2) is 59.7 Å². The second-order valence-corrected chi connectivity index (χ2v) is 4.14. The summed E-state index contributed by atoms with van der Waals surface area (Å²) in [6.45, 7) is 0. The van der Waals surface area contributed by atoms with Gasteiger partial charge in [0.15, 0.2) is 0 Å². The number of rotatable bonds is 4. The zero-order chi connectivity index (χ0) is 14.5. The molecule has 21 heavy (non-hydrogen) atoms. The van der Waals surface area contributed by atoms with Gasteiger partial charge in [0.1, 0.15) is 5.82 Å². The maximum Gasteiger partial charge on any atom is 0.268 e. The first kappa shape index (κ1) is 12.9. The predicted octanol–water partition coefficient (Wildman–Crippen LogP) is 2.25. The highest BCUT2D eigenvalue weighted by Gasteiger charge is 2.06. The summed E-state index contributed by atoms with van der Waals surface area (Å²) in [4.78, 5) is 0. The van der Waals surface area contributed by atoms with Gasteiger partial charge in [-0.3, -0.25) is 0 Å². The van der Waals surface area contributed by atoms with Gasteiger partial charge in [-0.25, -0.2) is 9.82 Å². The van der Waals surface area contributed by atoms with Gasteiger partial charge in [0.2, 0.25) is 0 Å². The average molecular weight is 282 g/mol. The van der Waals surface area contributed by atoms with E-state index in [2.05, 4.69) is 26.1 Å². The van der Waals surface area contributed by atoms with E-state index in [9.17, 15) is 4.39 Å². The molecule has 0 radical (unpaired) electrons. The number of para-hydroxylation sites is 1. The molecule has 7 heteroatoms. The lowest BCUT2D eigenvalue weighted by Gasteiger charge is -2.02. The van der Waals surface area contributed by atoms with E-state index in [1.807, 2.05) is 30.3 Å². The maximum atomic E-state index is 13.4. The van der Waals surface area contributed by atoms with E-state index in [0.29, 0.717) is 11.5 Å². The van der Waals surface area contributed by atoms with Crippen molar-refractivity contribution in [3.05, 3.63) is 66.0 Å². The van der Waals surface area contributed by atoms with Crippen LogP contribution in [0.4, 0.5) is 10.3 Å². The normalized spacial score (nSPS) is 10.9. The second-order valence-electron chi connectivity index (χ2n) is 4.14. The van der Waals surface area contributed by atoms with Gasteiger partial charge in [-0.05, 0) is 28.6 Å². The van der Waals surface area contributed by atoms with Crippen molar-refractivity contribution in [3.63, 3.8) is 0 Å². The van der Waals surface area contributed by atoms with Crippen LogP contribution in [0.1, 0.15) is 5.56 Å². The predicted molar refractivity (Wildman–Crippen MR) is 76.8 cm³/mol. The van der Waals surface area contributed by atoms with Gasteiger partial charge < -0.3 is 0 Å². The third kappa shape index (κ3) is 2.92. The summed E-state index contributed by atoms with van der Waals surface area (Å²) in [5.41, 5.74) is 3.87. The monoisotopic (exact) mass is 282 g/mol. The zero-order valence-electron chi connectivity index (χ0n) is 10.9. The molecule has 0 aliphatic rings. The first-order valence-corrected chi connectivity index (χ1v) is 6.22. The third-order valence-electron chi connectivity index (χ3n) is 2.74. The van der Waals surface area contributed by atoms with Crippen LogP contribution in [0, 0.1) is 5.82 Å². The summed E-state index contributed by atoms with van der Waals surface area (Å²) in [5.74, 6) is -0.000472. The summed E-state index contributed by atoms with van der Waals surface area (Å²) >= 11 is 0. The minimum absolute atomic E-state index is 0.341. The molecular weight excluding hydrogens is 271 g/mol. The molecule has 0 spiro atoms. The first-order chi connectivity index (χ1) is 10.3. The highest BCUT2D eigenvalue weighted by Crippen LogP contribution is 2.10. The van der Waals surface area contributed by atoms with Crippen LogP contribution >= 0.6 is 0 Å².